The van der Waals surface area contributed by atoms with Crippen molar-refractivity contribution in [3.8, 4) is 0 Å². The number of benzene rings is 1. The van der Waals surface area contributed by atoms with Gasteiger partial charge >= 0.3 is 6.03 Å². The molecule has 0 spiro atoms. The second-order valence-electron chi connectivity index (χ2n) is 6.88. The van der Waals surface area contributed by atoms with Gasteiger partial charge in [-0.15, -0.1) is 0 Å². The van der Waals surface area contributed by atoms with E-state index >= 15 is 0 Å². The highest BCUT2D eigenvalue weighted by Crippen LogP contribution is 2.40. The lowest BCUT2D eigenvalue weighted by Crippen LogP contribution is -2.44. The summed E-state index contributed by atoms with van der Waals surface area (Å²) >= 11 is 0. The Labute approximate surface area is 143 Å². The first kappa shape index (κ1) is 16.6. The molecule has 1 aromatic carbocycles. The van der Waals surface area contributed by atoms with Crippen LogP contribution in [0.1, 0.15) is 42.8 Å². The van der Waals surface area contributed by atoms with Crippen LogP contribution in [0.4, 0.5) is 4.79 Å². The zero-order valence-corrected chi connectivity index (χ0v) is 14.5. The number of carbonyl (C=O) groups is 1. The number of rotatable bonds is 5. The Bertz CT molecular complexity index is 672. The van der Waals surface area contributed by atoms with Gasteiger partial charge < -0.3 is 14.6 Å². The Morgan fingerprint density at radius 2 is 1.88 bits per heavy atom. The maximum atomic E-state index is 12.5. The molecule has 2 amide bonds. The highest BCUT2D eigenvalue weighted by Gasteiger charge is 2.35. The number of furan rings is 1. The van der Waals surface area contributed by atoms with Crippen LogP contribution in [0.2, 0.25) is 0 Å². The highest BCUT2D eigenvalue weighted by molar-refractivity contribution is 5.74. The van der Waals surface area contributed by atoms with Crippen LogP contribution in [0.25, 0.3) is 0 Å². The van der Waals surface area contributed by atoms with Crippen LogP contribution in [0.15, 0.2) is 46.9 Å². The molecule has 0 aliphatic heterocycles. The van der Waals surface area contributed by atoms with Gasteiger partial charge in [-0.25, -0.2) is 4.79 Å². The second-order valence-corrected chi connectivity index (χ2v) is 6.88. The zero-order valence-electron chi connectivity index (χ0n) is 14.5. The summed E-state index contributed by atoms with van der Waals surface area (Å²) in [6.45, 7) is 3.09. The molecule has 1 saturated carbocycles. The van der Waals surface area contributed by atoms with Crippen LogP contribution in [0, 0.1) is 6.92 Å². The third kappa shape index (κ3) is 3.64. The highest BCUT2D eigenvalue weighted by atomic mass is 16.3. The number of carbonyl (C=O) groups excluding carboxylic acids is 1. The Morgan fingerprint density at radius 1 is 1.17 bits per heavy atom. The number of nitrogens with zero attached hydrogens (tertiary/aromatic N) is 1. The third-order valence-corrected chi connectivity index (χ3v) is 5.06. The van der Waals surface area contributed by atoms with E-state index in [-0.39, 0.29) is 11.4 Å². The summed E-state index contributed by atoms with van der Waals surface area (Å²) in [4.78, 5) is 14.1. The lowest BCUT2D eigenvalue weighted by Gasteiger charge is -2.31. The first-order valence-corrected chi connectivity index (χ1v) is 8.69. The van der Waals surface area contributed by atoms with Gasteiger partial charge in [-0.1, -0.05) is 43.2 Å². The van der Waals surface area contributed by atoms with Crippen molar-refractivity contribution in [2.45, 2.75) is 44.6 Å². The normalized spacial score (nSPS) is 16.1. The van der Waals surface area contributed by atoms with Gasteiger partial charge in [-0.3, -0.25) is 0 Å². The fourth-order valence-electron chi connectivity index (χ4n) is 3.67. The molecule has 4 nitrogen and oxygen atoms in total. The fourth-order valence-corrected chi connectivity index (χ4v) is 3.67. The molecule has 0 unspecified atom stereocenters. The summed E-state index contributed by atoms with van der Waals surface area (Å²) in [7, 11) is 1.80. The van der Waals surface area contributed by atoms with Gasteiger partial charge in [-0.05, 0) is 37.5 Å². The molecule has 24 heavy (non-hydrogen) atoms. The predicted molar refractivity (Wildman–Crippen MR) is 94.9 cm³/mol. The van der Waals surface area contributed by atoms with Crippen molar-refractivity contribution in [2.24, 2.45) is 0 Å². The Balaban J connectivity index is 1.61. The van der Waals surface area contributed by atoms with Gasteiger partial charge in [0, 0.05) is 19.0 Å². The van der Waals surface area contributed by atoms with Gasteiger partial charge in [0.05, 0.1) is 6.54 Å². The Hall–Kier alpha value is -2.23. The summed E-state index contributed by atoms with van der Waals surface area (Å²) in [6, 6.07) is 14.4. The molecule has 0 saturated heterocycles. The zero-order chi connectivity index (χ0) is 17.0. The van der Waals surface area contributed by atoms with E-state index in [4.69, 9.17) is 4.42 Å². The molecule has 0 bridgehead atoms. The molecule has 1 aromatic heterocycles. The van der Waals surface area contributed by atoms with E-state index < -0.39 is 0 Å². The van der Waals surface area contributed by atoms with Crippen LogP contribution >= 0.6 is 0 Å². The summed E-state index contributed by atoms with van der Waals surface area (Å²) < 4.78 is 5.55. The van der Waals surface area contributed by atoms with Crippen LogP contribution in [-0.4, -0.2) is 24.5 Å². The molecular formula is C20H26N2O2. The summed E-state index contributed by atoms with van der Waals surface area (Å²) in [5.74, 6) is 1.68. The minimum atomic E-state index is -0.0498. The van der Waals surface area contributed by atoms with Crippen molar-refractivity contribution in [3.05, 3.63) is 59.5 Å². The van der Waals surface area contributed by atoms with Crippen molar-refractivity contribution >= 4 is 6.03 Å². The lowest BCUT2D eigenvalue weighted by atomic mass is 9.79. The van der Waals surface area contributed by atoms with Crippen LogP contribution in [0.3, 0.4) is 0 Å². The van der Waals surface area contributed by atoms with E-state index in [1.165, 1.54) is 18.4 Å². The van der Waals surface area contributed by atoms with Crippen molar-refractivity contribution in [2.75, 3.05) is 13.6 Å². The molecule has 4 heteroatoms. The van der Waals surface area contributed by atoms with Crippen molar-refractivity contribution in [3.63, 3.8) is 0 Å². The first-order valence-electron chi connectivity index (χ1n) is 8.69. The molecule has 128 valence electrons. The largest absolute Gasteiger partial charge is 0.464 e. The van der Waals surface area contributed by atoms with E-state index in [0.29, 0.717) is 13.1 Å². The standard InChI is InChI=1S/C20H26N2O2/c1-16-10-11-18(24-16)14-22(2)19(23)21-15-20(12-6-7-13-20)17-8-4-3-5-9-17/h3-5,8-11H,6-7,12-15H2,1-2H3,(H,21,23). The number of hydrogen-bond donors (Lipinski definition) is 1. The van der Waals surface area contributed by atoms with Crippen LogP contribution in [0.5, 0.6) is 0 Å². The average Bonchev–Trinajstić information content (AvgIpc) is 3.23. The minimum absolute atomic E-state index is 0.0498. The van der Waals surface area contributed by atoms with Crippen molar-refractivity contribution in [1.82, 2.24) is 10.2 Å². The SMILES string of the molecule is Cc1ccc(CN(C)C(=O)NCC2(c3ccccc3)CCCC2)o1. The number of hydrogen-bond acceptors (Lipinski definition) is 2. The summed E-state index contributed by atoms with van der Waals surface area (Å²) in [5, 5.41) is 3.14. The van der Waals surface area contributed by atoms with Gasteiger partial charge in [-0.2, -0.15) is 0 Å². The predicted octanol–water partition coefficient (Wildman–Crippen LogP) is 4.24. The molecule has 1 aliphatic rings. The van der Waals surface area contributed by atoms with E-state index in [9.17, 15) is 4.79 Å². The second kappa shape index (κ2) is 7.12. The molecule has 2 aromatic rings. The summed E-state index contributed by atoms with van der Waals surface area (Å²) in [5.41, 5.74) is 1.42. The Morgan fingerprint density at radius 3 is 2.50 bits per heavy atom. The Kier molecular flexibility index (Phi) is 4.93. The number of nitrogens with one attached hydrogen (secondary N) is 1. The first-order chi connectivity index (χ1) is 11.6. The monoisotopic (exact) mass is 326 g/mol. The molecule has 3 rings (SSSR count). The number of aryl methyl sites for hydroxylation is 1. The topological polar surface area (TPSA) is 45.5 Å². The maximum absolute atomic E-state index is 12.5. The van der Waals surface area contributed by atoms with Crippen molar-refractivity contribution in [1.29, 1.82) is 0 Å². The van der Waals surface area contributed by atoms with E-state index in [0.717, 1.165) is 24.4 Å². The lowest BCUT2D eigenvalue weighted by molar-refractivity contribution is 0.199. The van der Waals surface area contributed by atoms with E-state index in [1.54, 1.807) is 11.9 Å². The van der Waals surface area contributed by atoms with Gasteiger partial charge in [0.15, 0.2) is 0 Å². The molecule has 0 atom stereocenters. The van der Waals surface area contributed by atoms with Gasteiger partial charge in [0.2, 0.25) is 0 Å². The van der Waals surface area contributed by atoms with Gasteiger partial charge in [0.25, 0.3) is 0 Å². The average molecular weight is 326 g/mol. The fraction of sp³-hybridized carbons (Fsp3) is 0.450. The van der Waals surface area contributed by atoms with Gasteiger partial charge in [0.1, 0.15) is 11.5 Å². The maximum Gasteiger partial charge on any atom is 0.317 e. The minimum Gasteiger partial charge on any atom is -0.464 e. The van der Waals surface area contributed by atoms with Crippen LogP contribution < -0.4 is 5.32 Å². The van der Waals surface area contributed by atoms with Crippen molar-refractivity contribution < 1.29 is 9.21 Å². The molecule has 0 radical (unpaired) electrons. The van der Waals surface area contributed by atoms with Crippen LogP contribution in [-0.2, 0) is 12.0 Å². The molecule has 1 fully saturated rings. The smallest absolute Gasteiger partial charge is 0.317 e. The molecule has 1 heterocycles. The summed E-state index contributed by atoms with van der Waals surface area (Å²) in [6.07, 6.45) is 4.73. The van der Waals surface area contributed by atoms with E-state index in [2.05, 4.69) is 29.6 Å². The molecule has 1 aliphatic carbocycles. The third-order valence-electron chi connectivity index (χ3n) is 5.06. The molecular weight excluding hydrogens is 300 g/mol. The van der Waals surface area contributed by atoms with E-state index in [1.807, 2.05) is 25.1 Å². The molecule has 1 N–H and O–H groups in total. The quantitative estimate of drug-likeness (QED) is 0.893. The number of urea groups is 1. The number of amides is 2.